The van der Waals surface area contributed by atoms with Gasteiger partial charge in [-0.2, -0.15) is 0 Å². The molecule has 1 aromatic carbocycles. The van der Waals surface area contributed by atoms with Gasteiger partial charge >= 0.3 is 0 Å². The van der Waals surface area contributed by atoms with Gasteiger partial charge in [0.25, 0.3) is 0 Å². The minimum atomic E-state index is -0.505. The second-order valence-electron chi connectivity index (χ2n) is 8.82. The molecule has 0 spiro atoms. The molecule has 132 valence electrons. The molecule has 1 aromatic rings. The standard InChI is InChI=1S/C22H32O2/c1-21-13-10-18-17-7-3-2-6-16(17)8-9-19(18)20(21)11-14-22(21,24)12-4-5-15-23/h2-3,6-7,18-20,23-24H,4-5,8-15H2,1H3/t18-,19-,20+,21+,22+/m1/s1. The van der Waals surface area contributed by atoms with Gasteiger partial charge in [0.15, 0.2) is 0 Å². The molecule has 0 aromatic heterocycles. The van der Waals surface area contributed by atoms with Crippen molar-refractivity contribution in [3.05, 3.63) is 35.4 Å². The third-order valence-corrected chi connectivity index (χ3v) is 7.96. The van der Waals surface area contributed by atoms with E-state index in [1.54, 1.807) is 11.1 Å². The first-order chi connectivity index (χ1) is 11.6. The summed E-state index contributed by atoms with van der Waals surface area (Å²) in [7, 11) is 0. The van der Waals surface area contributed by atoms with Crippen LogP contribution >= 0.6 is 0 Å². The molecule has 3 aliphatic rings. The summed E-state index contributed by atoms with van der Waals surface area (Å²) in [5, 5.41) is 20.6. The Labute approximate surface area is 146 Å². The lowest BCUT2D eigenvalue weighted by molar-refractivity contribution is -0.108. The summed E-state index contributed by atoms with van der Waals surface area (Å²) < 4.78 is 0. The Balaban J connectivity index is 1.58. The van der Waals surface area contributed by atoms with Crippen LogP contribution in [-0.4, -0.2) is 22.4 Å². The molecular weight excluding hydrogens is 296 g/mol. The van der Waals surface area contributed by atoms with E-state index in [0.717, 1.165) is 38.0 Å². The van der Waals surface area contributed by atoms with Crippen LogP contribution in [0.5, 0.6) is 0 Å². The predicted octanol–water partition coefficient (Wildman–Crippen LogP) is 4.44. The molecule has 5 atom stereocenters. The van der Waals surface area contributed by atoms with Crippen molar-refractivity contribution in [3.63, 3.8) is 0 Å². The second-order valence-corrected chi connectivity index (χ2v) is 8.82. The highest BCUT2D eigenvalue weighted by molar-refractivity contribution is 5.35. The van der Waals surface area contributed by atoms with Gasteiger partial charge in [-0.1, -0.05) is 31.2 Å². The molecule has 2 saturated carbocycles. The van der Waals surface area contributed by atoms with E-state index in [1.165, 1.54) is 25.7 Å². The van der Waals surface area contributed by atoms with Crippen molar-refractivity contribution in [1.29, 1.82) is 0 Å². The predicted molar refractivity (Wildman–Crippen MR) is 96.9 cm³/mol. The second kappa shape index (κ2) is 6.14. The van der Waals surface area contributed by atoms with Gasteiger partial charge < -0.3 is 10.2 Å². The highest BCUT2D eigenvalue weighted by Gasteiger charge is 2.60. The lowest BCUT2D eigenvalue weighted by Crippen LogP contribution is -2.50. The number of unbranched alkanes of at least 4 members (excludes halogenated alkanes) is 1. The molecule has 4 rings (SSSR count). The zero-order valence-corrected chi connectivity index (χ0v) is 15.0. The summed E-state index contributed by atoms with van der Waals surface area (Å²) in [6.07, 6.45) is 9.70. The largest absolute Gasteiger partial charge is 0.396 e. The number of hydrogen-bond acceptors (Lipinski definition) is 2. The maximum Gasteiger partial charge on any atom is 0.0704 e. The van der Waals surface area contributed by atoms with Gasteiger partial charge in [-0.3, -0.25) is 0 Å². The molecule has 2 heteroatoms. The third kappa shape index (κ3) is 2.37. The Morgan fingerprint density at radius 1 is 1.08 bits per heavy atom. The molecule has 0 saturated heterocycles. The molecule has 0 unspecified atom stereocenters. The van der Waals surface area contributed by atoms with E-state index >= 15 is 0 Å². The average Bonchev–Trinajstić information content (AvgIpc) is 2.87. The monoisotopic (exact) mass is 328 g/mol. The van der Waals surface area contributed by atoms with Crippen LogP contribution in [0.15, 0.2) is 24.3 Å². The SMILES string of the molecule is C[C@]12CC[C@@H]3c4ccccc4CC[C@H]3[C@@H]1CC[C@@]2(O)CCCCO. The Morgan fingerprint density at radius 2 is 1.92 bits per heavy atom. The van der Waals surface area contributed by atoms with Crippen molar-refractivity contribution in [2.45, 2.75) is 76.2 Å². The van der Waals surface area contributed by atoms with Crippen molar-refractivity contribution in [1.82, 2.24) is 0 Å². The van der Waals surface area contributed by atoms with Gasteiger partial charge in [0.05, 0.1) is 5.60 Å². The van der Waals surface area contributed by atoms with Gasteiger partial charge in [-0.05, 0) is 92.1 Å². The smallest absolute Gasteiger partial charge is 0.0704 e. The minimum Gasteiger partial charge on any atom is -0.396 e. The van der Waals surface area contributed by atoms with Crippen LogP contribution in [0.1, 0.15) is 75.3 Å². The molecule has 0 radical (unpaired) electrons. The Hall–Kier alpha value is -0.860. The number of aliphatic hydroxyl groups excluding tert-OH is 1. The van der Waals surface area contributed by atoms with Gasteiger partial charge in [0, 0.05) is 6.61 Å². The van der Waals surface area contributed by atoms with Crippen molar-refractivity contribution >= 4 is 0 Å². The number of rotatable bonds is 4. The van der Waals surface area contributed by atoms with Gasteiger partial charge in [0.2, 0.25) is 0 Å². The first kappa shape index (κ1) is 16.6. The minimum absolute atomic E-state index is 0.0793. The summed E-state index contributed by atoms with van der Waals surface area (Å²) in [6.45, 7) is 2.62. The topological polar surface area (TPSA) is 40.5 Å². The highest BCUT2D eigenvalue weighted by Crippen LogP contribution is 2.65. The van der Waals surface area contributed by atoms with E-state index in [4.69, 9.17) is 5.11 Å². The van der Waals surface area contributed by atoms with Crippen molar-refractivity contribution in [3.8, 4) is 0 Å². The normalized spacial score (nSPS) is 40.7. The van der Waals surface area contributed by atoms with Crippen LogP contribution in [0.4, 0.5) is 0 Å². The van der Waals surface area contributed by atoms with Crippen LogP contribution in [-0.2, 0) is 6.42 Å². The maximum atomic E-state index is 11.5. The molecule has 3 aliphatic carbocycles. The first-order valence-electron chi connectivity index (χ1n) is 10.0. The van der Waals surface area contributed by atoms with E-state index < -0.39 is 5.60 Å². The number of aryl methyl sites for hydroxylation is 1. The number of benzene rings is 1. The van der Waals surface area contributed by atoms with Gasteiger partial charge in [0.1, 0.15) is 0 Å². The quantitative estimate of drug-likeness (QED) is 0.802. The summed E-state index contributed by atoms with van der Waals surface area (Å²) in [6, 6.07) is 9.06. The van der Waals surface area contributed by atoms with Crippen molar-refractivity contribution < 1.29 is 10.2 Å². The zero-order chi connectivity index (χ0) is 16.8. The summed E-state index contributed by atoms with van der Waals surface area (Å²) in [5.41, 5.74) is 2.75. The molecule has 0 aliphatic heterocycles. The van der Waals surface area contributed by atoms with E-state index in [0.29, 0.717) is 11.8 Å². The van der Waals surface area contributed by atoms with Gasteiger partial charge in [-0.25, -0.2) is 0 Å². The molecule has 0 amide bonds. The fourth-order valence-electron chi connectivity index (χ4n) is 6.57. The summed E-state index contributed by atoms with van der Waals surface area (Å²) >= 11 is 0. The van der Waals surface area contributed by atoms with Crippen LogP contribution < -0.4 is 0 Å². The zero-order valence-electron chi connectivity index (χ0n) is 15.0. The molecule has 2 N–H and O–H groups in total. The molecule has 0 heterocycles. The molecule has 2 nitrogen and oxygen atoms in total. The Morgan fingerprint density at radius 3 is 2.75 bits per heavy atom. The van der Waals surface area contributed by atoms with E-state index in [-0.39, 0.29) is 12.0 Å². The van der Waals surface area contributed by atoms with E-state index in [9.17, 15) is 5.11 Å². The average molecular weight is 328 g/mol. The van der Waals surface area contributed by atoms with Crippen molar-refractivity contribution in [2.75, 3.05) is 6.61 Å². The fraction of sp³-hybridized carbons (Fsp3) is 0.727. The third-order valence-electron chi connectivity index (χ3n) is 7.96. The van der Waals surface area contributed by atoms with Crippen LogP contribution in [0.2, 0.25) is 0 Å². The van der Waals surface area contributed by atoms with E-state index in [2.05, 4.69) is 31.2 Å². The fourth-order valence-corrected chi connectivity index (χ4v) is 6.57. The number of aliphatic hydroxyl groups is 2. The molecule has 24 heavy (non-hydrogen) atoms. The number of hydrogen-bond donors (Lipinski definition) is 2. The lowest BCUT2D eigenvalue weighted by atomic mass is 9.53. The first-order valence-corrected chi connectivity index (χ1v) is 10.0. The molecule has 2 fully saturated rings. The van der Waals surface area contributed by atoms with Crippen LogP contribution in [0.3, 0.4) is 0 Å². The maximum absolute atomic E-state index is 11.5. The van der Waals surface area contributed by atoms with Gasteiger partial charge in [-0.15, -0.1) is 0 Å². The lowest BCUT2D eigenvalue weighted by Gasteiger charge is -2.53. The Bertz CT molecular complexity index is 597. The van der Waals surface area contributed by atoms with Crippen molar-refractivity contribution in [2.24, 2.45) is 17.3 Å². The summed E-state index contributed by atoms with van der Waals surface area (Å²) in [5.74, 6) is 2.14. The van der Waals surface area contributed by atoms with Crippen LogP contribution in [0.25, 0.3) is 0 Å². The number of fused-ring (bicyclic) bond motifs is 5. The van der Waals surface area contributed by atoms with E-state index in [1.807, 2.05) is 0 Å². The molecular formula is C22H32O2. The summed E-state index contributed by atoms with van der Waals surface area (Å²) in [4.78, 5) is 0. The van der Waals surface area contributed by atoms with Crippen LogP contribution in [0, 0.1) is 17.3 Å². The molecule has 0 bridgehead atoms. The Kier molecular flexibility index (Phi) is 4.25. The highest BCUT2D eigenvalue weighted by atomic mass is 16.3.